The van der Waals surface area contributed by atoms with Crippen LogP contribution in [0.4, 0.5) is 8.78 Å². The molecule has 0 aliphatic carbocycles. The van der Waals surface area contributed by atoms with Crippen molar-refractivity contribution in [1.29, 1.82) is 0 Å². The molecule has 0 heterocycles. The Balaban J connectivity index is 3.20. The Hall–Kier alpha value is -0.200. The number of hydrogen-bond donors (Lipinski definition) is 2. The second-order valence-electron chi connectivity index (χ2n) is 2.68. The molecule has 0 unspecified atom stereocenters. The molecule has 78 valence electrons. The zero-order valence-corrected chi connectivity index (χ0v) is 10.0. The van der Waals surface area contributed by atoms with Crippen LogP contribution in [-0.2, 0) is 0 Å². The van der Waals surface area contributed by atoms with Gasteiger partial charge >= 0.3 is 0 Å². The van der Waals surface area contributed by atoms with Gasteiger partial charge in [-0.1, -0.05) is 31.9 Å². The maximum absolute atomic E-state index is 12.3. The number of phenolic OH excluding ortho intramolecular Hbond substituents is 1. The number of halogens is 4. The lowest BCUT2D eigenvalue weighted by Crippen LogP contribution is -2.19. The van der Waals surface area contributed by atoms with Crippen LogP contribution in [0, 0.1) is 0 Å². The molecule has 2 nitrogen and oxygen atoms in total. The van der Waals surface area contributed by atoms with Crippen LogP contribution in [-0.4, -0.2) is 11.5 Å². The van der Waals surface area contributed by atoms with Crippen molar-refractivity contribution in [3.63, 3.8) is 0 Å². The Morgan fingerprint density at radius 2 is 1.86 bits per heavy atom. The molecular weight excluding hydrogens is 324 g/mol. The van der Waals surface area contributed by atoms with Gasteiger partial charge in [0, 0.05) is 14.5 Å². The molecule has 1 aromatic rings. The van der Waals surface area contributed by atoms with Crippen LogP contribution in [0.15, 0.2) is 21.1 Å². The molecule has 0 fully saturated rings. The van der Waals surface area contributed by atoms with Crippen LogP contribution in [0.1, 0.15) is 11.6 Å². The van der Waals surface area contributed by atoms with E-state index in [0.717, 1.165) is 0 Å². The zero-order chi connectivity index (χ0) is 10.9. The van der Waals surface area contributed by atoms with Crippen LogP contribution in [0.5, 0.6) is 5.75 Å². The van der Waals surface area contributed by atoms with E-state index in [0.29, 0.717) is 8.95 Å². The van der Waals surface area contributed by atoms with Gasteiger partial charge in [-0.2, -0.15) is 0 Å². The smallest absolute Gasteiger partial charge is 0.257 e. The van der Waals surface area contributed by atoms with Crippen molar-refractivity contribution in [1.82, 2.24) is 0 Å². The van der Waals surface area contributed by atoms with Gasteiger partial charge < -0.3 is 10.8 Å². The van der Waals surface area contributed by atoms with Crippen molar-refractivity contribution in [2.45, 2.75) is 12.5 Å². The summed E-state index contributed by atoms with van der Waals surface area (Å²) in [5.41, 5.74) is 5.25. The number of benzene rings is 1. The number of nitrogens with two attached hydrogens (primary N) is 1. The van der Waals surface area contributed by atoms with E-state index >= 15 is 0 Å². The molecule has 6 heteroatoms. The van der Waals surface area contributed by atoms with E-state index in [4.69, 9.17) is 5.73 Å². The van der Waals surface area contributed by atoms with Crippen molar-refractivity contribution in [2.75, 3.05) is 0 Å². The van der Waals surface area contributed by atoms with Gasteiger partial charge in [0.1, 0.15) is 5.75 Å². The second kappa shape index (κ2) is 4.55. The van der Waals surface area contributed by atoms with Crippen LogP contribution in [0.25, 0.3) is 0 Å². The average Bonchev–Trinajstić information content (AvgIpc) is 2.01. The van der Waals surface area contributed by atoms with Crippen molar-refractivity contribution in [3.05, 3.63) is 26.6 Å². The lowest BCUT2D eigenvalue weighted by Gasteiger charge is -2.14. The Morgan fingerprint density at radius 1 is 1.29 bits per heavy atom. The summed E-state index contributed by atoms with van der Waals surface area (Å²) < 4.78 is 25.6. The molecule has 0 saturated heterocycles. The fraction of sp³-hybridized carbons (Fsp3) is 0.250. The molecule has 0 spiro atoms. The number of hydrogen-bond acceptors (Lipinski definition) is 2. The fourth-order valence-corrected chi connectivity index (χ4v) is 2.49. The number of phenols is 1. The maximum atomic E-state index is 12.3. The van der Waals surface area contributed by atoms with E-state index in [-0.39, 0.29) is 11.3 Å². The van der Waals surface area contributed by atoms with E-state index < -0.39 is 12.5 Å². The molecular formula is C8H7Br2F2NO. The lowest BCUT2D eigenvalue weighted by molar-refractivity contribution is 0.115. The summed E-state index contributed by atoms with van der Waals surface area (Å²) in [6.07, 6.45) is -2.71. The summed E-state index contributed by atoms with van der Waals surface area (Å²) in [4.78, 5) is 0. The quantitative estimate of drug-likeness (QED) is 0.874. The lowest BCUT2D eigenvalue weighted by atomic mass is 10.1. The van der Waals surface area contributed by atoms with Gasteiger partial charge in [-0.25, -0.2) is 8.78 Å². The molecule has 0 aliphatic rings. The Labute approximate surface area is 96.4 Å². The van der Waals surface area contributed by atoms with E-state index in [2.05, 4.69) is 31.9 Å². The zero-order valence-electron chi connectivity index (χ0n) is 6.85. The predicted octanol–water partition coefficient (Wildman–Crippen LogP) is 3.18. The van der Waals surface area contributed by atoms with Crippen molar-refractivity contribution in [3.8, 4) is 5.75 Å². The van der Waals surface area contributed by atoms with Crippen LogP contribution < -0.4 is 5.73 Å². The highest BCUT2D eigenvalue weighted by Crippen LogP contribution is 2.36. The van der Waals surface area contributed by atoms with Gasteiger partial charge in [0.05, 0.1) is 6.04 Å². The average molecular weight is 331 g/mol. The summed E-state index contributed by atoms with van der Waals surface area (Å²) >= 11 is 6.18. The van der Waals surface area contributed by atoms with Gasteiger partial charge in [0.2, 0.25) is 0 Å². The first-order valence-electron chi connectivity index (χ1n) is 3.65. The minimum atomic E-state index is -2.71. The molecule has 0 aliphatic heterocycles. The van der Waals surface area contributed by atoms with E-state index in [1.807, 2.05) is 0 Å². The number of alkyl halides is 2. The molecule has 1 atom stereocenters. The van der Waals surface area contributed by atoms with E-state index in [9.17, 15) is 13.9 Å². The molecule has 0 aromatic heterocycles. The predicted molar refractivity (Wildman–Crippen MR) is 56.4 cm³/mol. The first-order chi connectivity index (χ1) is 6.43. The molecule has 0 saturated carbocycles. The maximum Gasteiger partial charge on any atom is 0.257 e. The first-order valence-corrected chi connectivity index (χ1v) is 5.23. The third-order valence-corrected chi connectivity index (χ3v) is 2.79. The normalized spacial score (nSPS) is 13.3. The molecule has 14 heavy (non-hydrogen) atoms. The van der Waals surface area contributed by atoms with E-state index in [1.165, 1.54) is 6.07 Å². The first kappa shape index (κ1) is 11.9. The van der Waals surface area contributed by atoms with Crippen molar-refractivity contribution < 1.29 is 13.9 Å². The molecule has 1 aromatic carbocycles. The Bertz CT molecular complexity index is 323. The Kier molecular flexibility index (Phi) is 3.86. The highest BCUT2D eigenvalue weighted by atomic mass is 79.9. The summed E-state index contributed by atoms with van der Waals surface area (Å²) in [5, 5.41) is 9.42. The SMILES string of the molecule is N[C@@H](c1c(O)cc(Br)cc1Br)C(F)F. The third-order valence-electron chi connectivity index (χ3n) is 1.68. The third kappa shape index (κ3) is 2.43. The van der Waals surface area contributed by atoms with Gasteiger partial charge in [0.25, 0.3) is 6.43 Å². The van der Waals surface area contributed by atoms with Crippen molar-refractivity contribution >= 4 is 31.9 Å². The molecule has 0 amide bonds. The standard InChI is InChI=1S/C8H7Br2F2NO/c9-3-1-4(10)6(5(14)2-3)7(13)8(11)12/h1-2,7-8,14H,13H2/t7-/m0/s1. The van der Waals surface area contributed by atoms with Crippen LogP contribution in [0.3, 0.4) is 0 Å². The Morgan fingerprint density at radius 3 is 2.29 bits per heavy atom. The molecule has 3 N–H and O–H groups in total. The van der Waals surface area contributed by atoms with Gasteiger partial charge in [0.15, 0.2) is 0 Å². The largest absolute Gasteiger partial charge is 0.508 e. The summed E-state index contributed by atoms with van der Waals surface area (Å²) in [6, 6.07) is 1.39. The second-order valence-corrected chi connectivity index (χ2v) is 4.45. The molecule has 1 rings (SSSR count). The fourth-order valence-electron chi connectivity index (χ4n) is 1.03. The topological polar surface area (TPSA) is 46.2 Å². The summed E-state index contributed by atoms with van der Waals surface area (Å²) in [5.74, 6) is -0.251. The number of aromatic hydroxyl groups is 1. The highest BCUT2D eigenvalue weighted by molar-refractivity contribution is 9.11. The highest BCUT2D eigenvalue weighted by Gasteiger charge is 2.23. The van der Waals surface area contributed by atoms with Gasteiger partial charge in [-0.05, 0) is 12.1 Å². The molecule has 0 bridgehead atoms. The van der Waals surface area contributed by atoms with Gasteiger partial charge in [-0.15, -0.1) is 0 Å². The number of rotatable bonds is 2. The minimum absolute atomic E-state index is 0.0169. The van der Waals surface area contributed by atoms with Gasteiger partial charge in [-0.3, -0.25) is 0 Å². The van der Waals surface area contributed by atoms with Crippen LogP contribution >= 0.6 is 31.9 Å². The monoisotopic (exact) mass is 329 g/mol. The summed E-state index contributed by atoms with van der Waals surface area (Å²) in [7, 11) is 0. The van der Waals surface area contributed by atoms with Crippen molar-refractivity contribution in [2.24, 2.45) is 5.73 Å². The summed E-state index contributed by atoms with van der Waals surface area (Å²) in [6.45, 7) is 0. The molecule has 0 radical (unpaired) electrons. The van der Waals surface area contributed by atoms with Crippen LogP contribution in [0.2, 0.25) is 0 Å². The minimum Gasteiger partial charge on any atom is -0.508 e. The van der Waals surface area contributed by atoms with E-state index in [1.54, 1.807) is 6.07 Å².